The van der Waals surface area contributed by atoms with Gasteiger partial charge in [0.2, 0.25) is 0 Å². The van der Waals surface area contributed by atoms with Crippen molar-refractivity contribution in [2.45, 2.75) is 43.5 Å². The Kier molecular flexibility index (Phi) is 3.63. The number of H-pyrrole nitrogens is 1. The minimum absolute atomic E-state index is 0.116. The van der Waals surface area contributed by atoms with Gasteiger partial charge in [0.05, 0.1) is 5.69 Å². The highest BCUT2D eigenvalue weighted by atomic mass is 35.7. The second-order valence-corrected chi connectivity index (χ2v) is 6.78. The summed E-state index contributed by atoms with van der Waals surface area (Å²) < 4.78 is 23.0. The maximum absolute atomic E-state index is 11.9. The SMILES string of the molecule is CCc1[nH]nc(C(=O)NC2CCC2)c1S(=O)(=O)Cl. The molecule has 1 amide bonds. The first-order valence-electron chi connectivity index (χ1n) is 5.76. The summed E-state index contributed by atoms with van der Waals surface area (Å²) in [5.74, 6) is -0.491. The Morgan fingerprint density at radius 2 is 2.22 bits per heavy atom. The van der Waals surface area contributed by atoms with Crippen LogP contribution in [0.1, 0.15) is 42.4 Å². The van der Waals surface area contributed by atoms with Crippen molar-refractivity contribution < 1.29 is 13.2 Å². The van der Waals surface area contributed by atoms with E-state index in [-0.39, 0.29) is 16.6 Å². The van der Waals surface area contributed by atoms with Gasteiger partial charge in [-0.3, -0.25) is 9.89 Å². The molecule has 100 valence electrons. The molecule has 0 atom stereocenters. The van der Waals surface area contributed by atoms with Gasteiger partial charge in [-0.2, -0.15) is 5.10 Å². The van der Waals surface area contributed by atoms with E-state index >= 15 is 0 Å². The van der Waals surface area contributed by atoms with Gasteiger partial charge in [-0.25, -0.2) is 8.42 Å². The number of rotatable bonds is 4. The number of amides is 1. The predicted molar refractivity (Wildman–Crippen MR) is 66.1 cm³/mol. The van der Waals surface area contributed by atoms with Crippen molar-refractivity contribution in [3.05, 3.63) is 11.4 Å². The van der Waals surface area contributed by atoms with E-state index in [0.717, 1.165) is 19.3 Å². The van der Waals surface area contributed by atoms with Crippen LogP contribution in [0.2, 0.25) is 0 Å². The van der Waals surface area contributed by atoms with Crippen molar-refractivity contribution in [2.75, 3.05) is 0 Å². The fourth-order valence-corrected chi connectivity index (χ4v) is 3.18. The fourth-order valence-electron chi connectivity index (χ4n) is 1.83. The Morgan fingerprint density at radius 1 is 1.56 bits per heavy atom. The highest BCUT2D eigenvalue weighted by molar-refractivity contribution is 8.13. The van der Waals surface area contributed by atoms with E-state index in [1.54, 1.807) is 6.92 Å². The molecule has 0 aromatic carbocycles. The first kappa shape index (κ1) is 13.4. The second-order valence-electron chi connectivity index (χ2n) is 4.27. The summed E-state index contributed by atoms with van der Waals surface area (Å²) in [5.41, 5.74) is 0.206. The van der Waals surface area contributed by atoms with Gasteiger partial charge in [-0.05, 0) is 25.7 Å². The molecular formula is C10H14ClN3O3S. The predicted octanol–water partition coefficient (Wildman–Crippen LogP) is 1.18. The number of aromatic amines is 1. The quantitative estimate of drug-likeness (QED) is 0.815. The van der Waals surface area contributed by atoms with Crippen molar-refractivity contribution >= 4 is 25.6 Å². The lowest BCUT2D eigenvalue weighted by Gasteiger charge is -2.25. The lowest BCUT2D eigenvalue weighted by Crippen LogP contribution is -2.40. The van der Waals surface area contributed by atoms with Crippen molar-refractivity contribution in [2.24, 2.45) is 0 Å². The zero-order valence-corrected chi connectivity index (χ0v) is 11.4. The van der Waals surface area contributed by atoms with Gasteiger partial charge in [0.1, 0.15) is 4.90 Å². The molecule has 0 aliphatic heterocycles. The fraction of sp³-hybridized carbons (Fsp3) is 0.600. The first-order valence-corrected chi connectivity index (χ1v) is 8.07. The van der Waals surface area contributed by atoms with Gasteiger partial charge in [0.15, 0.2) is 5.69 Å². The Morgan fingerprint density at radius 3 is 2.67 bits per heavy atom. The van der Waals surface area contributed by atoms with Gasteiger partial charge >= 0.3 is 0 Å². The number of aromatic nitrogens is 2. The molecule has 1 aromatic rings. The smallest absolute Gasteiger partial charge is 0.273 e. The van der Waals surface area contributed by atoms with Crippen LogP contribution in [-0.2, 0) is 15.5 Å². The van der Waals surface area contributed by atoms with Crippen LogP contribution in [0.3, 0.4) is 0 Å². The molecule has 0 saturated heterocycles. The topological polar surface area (TPSA) is 91.9 Å². The van der Waals surface area contributed by atoms with E-state index in [0.29, 0.717) is 12.1 Å². The molecule has 1 saturated carbocycles. The minimum atomic E-state index is -3.98. The van der Waals surface area contributed by atoms with E-state index < -0.39 is 15.0 Å². The first-order chi connectivity index (χ1) is 8.43. The van der Waals surface area contributed by atoms with Crippen LogP contribution in [0, 0.1) is 0 Å². The number of nitrogens with one attached hydrogen (secondary N) is 2. The zero-order valence-electron chi connectivity index (χ0n) is 9.86. The lowest BCUT2D eigenvalue weighted by molar-refractivity contribution is 0.0908. The molecule has 0 bridgehead atoms. The van der Waals surface area contributed by atoms with E-state index in [2.05, 4.69) is 15.5 Å². The molecule has 8 heteroatoms. The van der Waals surface area contributed by atoms with E-state index in [4.69, 9.17) is 10.7 Å². The van der Waals surface area contributed by atoms with E-state index in [1.165, 1.54) is 0 Å². The summed E-state index contributed by atoms with van der Waals surface area (Å²) >= 11 is 0. The van der Waals surface area contributed by atoms with Gasteiger partial charge in [0.25, 0.3) is 15.0 Å². The average molecular weight is 292 g/mol. The lowest BCUT2D eigenvalue weighted by atomic mass is 9.93. The van der Waals surface area contributed by atoms with Crippen LogP contribution < -0.4 is 5.32 Å². The highest BCUT2D eigenvalue weighted by Gasteiger charge is 2.29. The molecule has 18 heavy (non-hydrogen) atoms. The summed E-state index contributed by atoms with van der Waals surface area (Å²) in [4.78, 5) is 11.7. The third kappa shape index (κ3) is 2.51. The molecular weight excluding hydrogens is 278 g/mol. The number of aryl methyl sites for hydroxylation is 1. The van der Waals surface area contributed by atoms with Crippen LogP contribution in [0.15, 0.2) is 4.90 Å². The molecule has 1 aliphatic carbocycles. The average Bonchev–Trinajstić information content (AvgIpc) is 2.66. The zero-order chi connectivity index (χ0) is 13.3. The van der Waals surface area contributed by atoms with Crippen LogP contribution in [0.4, 0.5) is 0 Å². The maximum Gasteiger partial charge on any atom is 0.273 e. The molecule has 1 aromatic heterocycles. The van der Waals surface area contributed by atoms with Crippen LogP contribution >= 0.6 is 10.7 Å². The Labute approximate surface area is 110 Å². The molecule has 1 aliphatic rings. The number of nitrogens with zero attached hydrogens (tertiary/aromatic N) is 1. The molecule has 0 radical (unpaired) electrons. The molecule has 1 heterocycles. The normalized spacial score (nSPS) is 16.3. The van der Waals surface area contributed by atoms with Crippen LogP contribution in [0.25, 0.3) is 0 Å². The van der Waals surface area contributed by atoms with Crippen LogP contribution in [-0.4, -0.2) is 30.6 Å². The van der Waals surface area contributed by atoms with Crippen molar-refractivity contribution in [1.29, 1.82) is 0 Å². The van der Waals surface area contributed by atoms with Crippen molar-refractivity contribution in [1.82, 2.24) is 15.5 Å². The third-order valence-corrected chi connectivity index (χ3v) is 4.43. The van der Waals surface area contributed by atoms with E-state index in [1.807, 2.05) is 0 Å². The standard InChI is InChI=1S/C10H14ClN3O3S/c1-2-7-9(18(11,16)17)8(14-13-7)10(15)12-6-4-3-5-6/h6H,2-5H2,1H3,(H,12,15)(H,13,14). The summed E-state index contributed by atoms with van der Waals surface area (Å²) in [7, 11) is 1.36. The van der Waals surface area contributed by atoms with Gasteiger partial charge in [0, 0.05) is 16.7 Å². The number of hydrogen-bond acceptors (Lipinski definition) is 4. The van der Waals surface area contributed by atoms with Crippen molar-refractivity contribution in [3.63, 3.8) is 0 Å². The maximum atomic E-state index is 11.9. The Balaban J connectivity index is 2.32. The van der Waals surface area contributed by atoms with Crippen molar-refractivity contribution in [3.8, 4) is 0 Å². The van der Waals surface area contributed by atoms with Crippen LogP contribution in [0.5, 0.6) is 0 Å². The number of hydrogen-bond donors (Lipinski definition) is 2. The largest absolute Gasteiger partial charge is 0.348 e. The Bertz CT molecular complexity index is 563. The third-order valence-electron chi connectivity index (χ3n) is 3.04. The summed E-state index contributed by atoms with van der Waals surface area (Å²) in [5, 5.41) is 9.05. The van der Waals surface area contributed by atoms with Gasteiger partial charge in [-0.15, -0.1) is 0 Å². The van der Waals surface area contributed by atoms with Gasteiger partial charge in [-0.1, -0.05) is 6.92 Å². The minimum Gasteiger partial charge on any atom is -0.348 e. The highest BCUT2D eigenvalue weighted by Crippen LogP contribution is 2.24. The molecule has 2 rings (SSSR count). The summed E-state index contributed by atoms with van der Waals surface area (Å²) in [6, 6.07) is 0.116. The summed E-state index contributed by atoms with van der Waals surface area (Å²) in [6.07, 6.45) is 3.32. The van der Waals surface area contributed by atoms with E-state index in [9.17, 15) is 13.2 Å². The number of carbonyl (C=O) groups is 1. The molecule has 0 spiro atoms. The number of carbonyl (C=O) groups excluding carboxylic acids is 1. The van der Waals surface area contributed by atoms with Gasteiger partial charge < -0.3 is 5.32 Å². The number of halogens is 1. The molecule has 6 nitrogen and oxygen atoms in total. The molecule has 0 unspecified atom stereocenters. The second kappa shape index (κ2) is 4.89. The monoisotopic (exact) mass is 291 g/mol. The Hall–Kier alpha value is -1.08. The molecule has 2 N–H and O–H groups in total. The molecule has 1 fully saturated rings. The summed E-state index contributed by atoms with van der Waals surface area (Å²) in [6.45, 7) is 1.76.